The van der Waals surface area contributed by atoms with Gasteiger partial charge < -0.3 is 5.11 Å². The number of nitrogens with zero attached hydrogens (tertiary/aromatic N) is 3. The summed E-state index contributed by atoms with van der Waals surface area (Å²) < 4.78 is 0. The highest BCUT2D eigenvalue weighted by atomic mass is 35.5. The number of carbonyl (C=O) groups is 1. The molecule has 1 saturated heterocycles. The molecule has 0 unspecified atom stereocenters. The molecule has 150 valence electrons. The molecule has 0 spiro atoms. The molecule has 7 heteroatoms. The van der Waals surface area contributed by atoms with Gasteiger partial charge in [0.15, 0.2) is 5.17 Å². The van der Waals surface area contributed by atoms with Crippen molar-refractivity contribution >= 4 is 45.7 Å². The zero-order valence-corrected chi connectivity index (χ0v) is 17.7. The van der Waals surface area contributed by atoms with Gasteiger partial charge >= 0.3 is 0 Å². The van der Waals surface area contributed by atoms with Crippen LogP contribution < -0.4 is 0 Å². The van der Waals surface area contributed by atoms with Crippen molar-refractivity contribution in [3.63, 3.8) is 0 Å². The van der Waals surface area contributed by atoms with Gasteiger partial charge in [-0.25, -0.2) is 4.99 Å². The van der Waals surface area contributed by atoms with Crippen molar-refractivity contribution in [2.45, 2.75) is 45.1 Å². The van der Waals surface area contributed by atoms with Crippen LogP contribution in [0.5, 0.6) is 5.75 Å². The minimum Gasteiger partial charge on any atom is -0.508 e. The molecule has 1 N–H and O–H groups in total. The first kappa shape index (κ1) is 20.0. The van der Waals surface area contributed by atoms with E-state index in [1.54, 1.807) is 30.6 Å². The fourth-order valence-electron chi connectivity index (χ4n) is 3.76. The van der Waals surface area contributed by atoms with Crippen LogP contribution in [0, 0.1) is 0 Å². The molecule has 4 rings (SSSR count). The van der Waals surface area contributed by atoms with E-state index in [0.717, 1.165) is 36.8 Å². The van der Waals surface area contributed by atoms with Gasteiger partial charge in [-0.15, -0.1) is 0 Å². The van der Waals surface area contributed by atoms with Crippen molar-refractivity contribution in [3.05, 3.63) is 58.2 Å². The van der Waals surface area contributed by atoms with Gasteiger partial charge in [-0.2, -0.15) is 0 Å². The Bertz CT molecular complexity index is 982. The molecule has 0 radical (unpaired) electrons. The van der Waals surface area contributed by atoms with Crippen molar-refractivity contribution in [3.8, 4) is 5.75 Å². The number of rotatable bonds is 3. The monoisotopic (exact) mass is 427 g/mol. The van der Waals surface area contributed by atoms with Crippen molar-refractivity contribution < 1.29 is 9.90 Å². The lowest BCUT2D eigenvalue weighted by molar-refractivity contribution is -0.124. The van der Waals surface area contributed by atoms with Crippen LogP contribution in [0.3, 0.4) is 0 Å². The quantitative estimate of drug-likeness (QED) is 0.631. The number of amidine groups is 1. The van der Waals surface area contributed by atoms with Gasteiger partial charge in [0.05, 0.1) is 15.6 Å². The second kappa shape index (κ2) is 8.59. The maximum absolute atomic E-state index is 13.4. The number of hydrogen-bond donors (Lipinski definition) is 1. The highest BCUT2D eigenvalue weighted by molar-refractivity contribution is 8.18. The summed E-state index contributed by atoms with van der Waals surface area (Å²) >= 11 is 7.66. The van der Waals surface area contributed by atoms with Crippen LogP contribution in [0.15, 0.2) is 52.6 Å². The van der Waals surface area contributed by atoms with Crippen molar-refractivity contribution in [1.29, 1.82) is 0 Å². The molecule has 2 aromatic rings. The van der Waals surface area contributed by atoms with Crippen LogP contribution >= 0.6 is 23.4 Å². The summed E-state index contributed by atoms with van der Waals surface area (Å²) in [6.45, 7) is 1.94. The Labute approximate surface area is 179 Å². The van der Waals surface area contributed by atoms with Crippen LogP contribution in [0.25, 0.3) is 5.57 Å². The number of phenols is 1. The number of aromatic nitrogens is 1. The van der Waals surface area contributed by atoms with Crippen LogP contribution in [-0.2, 0) is 4.79 Å². The number of carbonyl (C=O) groups excluding carboxylic acids is 1. The molecule has 1 saturated carbocycles. The molecule has 1 amide bonds. The van der Waals surface area contributed by atoms with E-state index in [1.807, 2.05) is 24.0 Å². The fourth-order valence-corrected chi connectivity index (χ4v) is 5.03. The van der Waals surface area contributed by atoms with Gasteiger partial charge in [0.2, 0.25) is 0 Å². The molecule has 1 aliphatic heterocycles. The van der Waals surface area contributed by atoms with E-state index in [0.29, 0.717) is 20.8 Å². The normalized spacial score (nSPS) is 21.1. The SMILES string of the molecule is C/C(=C1/SC(=Nc2ccncc2Cl)N(C2CCCCC2)C1=O)c1ccc(O)cc1. The van der Waals surface area contributed by atoms with E-state index in [1.165, 1.54) is 18.2 Å². The number of hydrogen-bond acceptors (Lipinski definition) is 5. The molecule has 2 aliphatic rings. The topological polar surface area (TPSA) is 65.8 Å². The van der Waals surface area contributed by atoms with E-state index < -0.39 is 0 Å². The van der Waals surface area contributed by atoms with Crippen molar-refractivity contribution in [2.24, 2.45) is 4.99 Å². The summed E-state index contributed by atoms with van der Waals surface area (Å²) in [5.74, 6) is 0.201. The van der Waals surface area contributed by atoms with Crippen LogP contribution in [0.1, 0.15) is 44.6 Å². The number of aliphatic imine (C=N–C) groups is 1. The Morgan fingerprint density at radius 2 is 1.93 bits per heavy atom. The van der Waals surface area contributed by atoms with Gasteiger partial charge in [0.25, 0.3) is 5.91 Å². The lowest BCUT2D eigenvalue weighted by Crippen LogP contribution is -2.40. The number of aromatic hydroxyl groups is 1. The molecule has 1 aromatic heterocycles. The predicted molar refractivity (Wildman–Crippen MR) is 118 cm³/mol. The average Bonchev–Trinajstić information content (AvgIpc) is 3.06. The maximum atomic E-state index is 13.4. The Morgan fingerprint density at radius 3 is 2.62 bits per heavy atom. The molecule has 2 fully saturated rings. The minimum absolute atomic E-state index is 0.00333. The molecule has 0 atom stereocenters. The second-order valence-electron chi connectivity index (χ2n) is 7.29. The Hall–Kier alpha value is -2.31. The third-order valence-corrected chi connectivity index (χ3v) is 6.81. The molecule has 29 heavy (non-hydrogen) atoms. The number of halogens is 1. The number of amides is 1. The van der Waals surface area contributed by atoms with Gasteiger partial charge in [-0.3, -0.25) is 14.7 Å². The van der Waals surface area contributed by atoms with Gasteiger partial charge in [0.1, 0.15) is 5.75 Å². The number of thioether (sulfide) groups is 1. The molecule has 5 nitrogen and oxygen atoms in total. The molecular weight excluding hydrogens is 406 g/mol. The lowest BCUT2D eigenvalue weighted by atomic mass is 9.94. The first-order valence-electron chi connectivity index (χ1n) is 9.74. The van der Waals surface area contributed by atoms with E-state index in [2.05, 4.69) is 4.98 Å². The lowest BCUT2D eigenvalue weighted by Gasteiger charge is -2.30. The van der Waals surface area contributed by atoms with Gasteiger partial charge in [-0.1, -0.05) is 43.0 Å². The Kier molecular flexibility index (Phi) is 5.92. The fraction of sp³-hybridized carbons (Fsp3) is 0.318. The van der Waals surface area contributed by atoms with Crippen molar-refractivity contribution in [2.75, 3.05) is 0 Å². The first-order chi connectivity index (χ1) is 14.0. The number of allylic oxidation sites excluding steroid dienone is 1. The van der Waals surface area contributed by atoms with E-state index >= 15 is 0 Å². The third kappa shape index (κ3) is 4.19. The molecular formula is C22H22ClN3O2S. The number of pyridine rings is 1. The van der Waals surface area contributed by atoms with E-state index in [-0.39, 0.29) is 17.7 Å². The maximum Gasteiger partial charge on any atom is 0.267 e. The zero-order chi connectivity index (χ0) is 20.4. The highest BCUT2D eigenvalue weighted by Gasteiger charge is 2.39. The Morgan fingerprint density at radius 1 is 1.21 bits per heavy atom. The Balaban J connectivity index is 1.76. The van der Waals surface area contributed by atoms with E-state index in [9.17, 15) is 9.90 Å². The third-order valence-electron chi connectivity index (χ3n) is 5.36. The number of phenolic OH excluding ortho intramolecular Hbond substituents is 1. The number of benzene rings is 1. The molecule has 2 heterocycles. The summed E-state index contributed by atoms with van der Waals surface area (Å²) in [6.07, 6.45) is 8.64. The van der Waals surface area contributed by atoms with Gasteiger partial charge in [0, 0.05) is 18.4 Å². The summed E-state index contributed by atoms with van der Waals surface area (Å²) in [5, 5.41) is 10.7. The van der Waals surface area contributed by atoms with Crippen LogP contribution in [-0.4, -0.2) is 32.1 Å². The van der Waals surface area contributed by atoms with Crippen LogP contribution in [0.2, 0.25) is 5.02 Å². The summed E-state index contributed by atoms with van der Waals surface area (Å²) in [5.41, 5.74) is 2.40. The van der Waals surface area contributed by atoms with Crippen molar-refractivity contribution in [1.82, 2.24) is 9.88 Å². The molecule has 1 aliphatic carbocycles. The zero-order valence-electron chi connectivity index (χ0n) is 16.1. The summed E-state index contributed by atoms with van der Waals surface area (Å²) in [6, 6.07) is 8.83. The smallest absolute Gasteiger partial charge is 0.267 e. The predicted octanol–water partition coefficient (Wildman–Crippen LogP) is 5.77. The largest absolute Gasteiger partial charge is 0.508 e. The molecule has 1 aromatic carbocycles. The second-order valence-corrected chi connectivity index (χ2v) is 8.68. The summed E-state index contributed by atoms with van der Waals surface area (Å²) in [4.78, 5) is 24.7. The highest BCUT2D eigenvalue weighted by Crippen LogP contribution is 2.41. The summed E-state index contributed by atoms with van der Waals surface area (Å²) in [7, 11) is 0. The minimum atomic E-state index is -0.00333. The molecule has 0 bridgehead atoms. The standard InChI is InChI=1S/C22H22ClN3O2S/c1-14(15-7-9-17(27)10-8-15)20-21(28)26(16-5-3-2-4-6-16)22(29-20)25-19-11-12-24-13-18(19)23/h7-13,16,27H,2-6H2,1H3/b20-14-,25-22?. The van der Waals surface area contributed by atoms with Gasteiger partial charge in [-0.05, 0) is 60.9 Å². The first-order valence-corrected chi connectivity index (χ1v) is 10.9. The van der Waals surface area contributed by atoms with Crippen LogP contribution in [0.4, 0.5) is 5.69 Å². The average molecular weight is 428 g/mol. The van der Waals surface area contributed by atoms with E-state index in [4.69, 9.17) is 16.6 Å².